The van der Waals surface area contributed by atoms with Crippen molar-refractivity contribution in [2.75, 3.05) is 0 Å². The summed E-state index contributed by atoms with van der Waals surface area (Å²) < 4.78 is 4.63. The number of hydrogen-bond donors (Lipinski definition) is 1. The van der Waals surface area contributed by atoms with Crippen molar-refractivity contribution in [3.8, 4) is 0 Å². The van der Waals surface area contributed by atoms with E-state index < -0.39 is 11.9 Å². The second kappa shape index (κ2) is 9.32. The molecule has 17 heavy (non-hydrogen) atoms. The Balaban J connectivity index is 0.00000256. The Kier molecular flexibility index (Phi) is 8.92. The molecule has 0 saturated heterocycles. The van der Waals surface area contributed by atoms with Crippen LogP contribution in [0.4, 0.5) is 0 Å². The van der Waals surface area contributed by atoms with E-state index in [1.165, 1.54) is 6.26 Å². The molecule has 1 aromatic rings. The first-order chi connectivity index (χ1) is 7.68. The summed E-state index contributed by atoms with van der Waals surface area (Å²) in [6.45, 7) is 0. The molecule has 0 amide bonds. The van der Waals surface area contributed by atoms with E-state index in [2.05, 4.69) is 4.74 Å². The fourth-order valence-corrected chi connectivity index (χ4v) is 0.922. The quantitative estimate of drug-likeness (QED) is 0.381. The van der Waals surface area contributed by atoms with Crippen molar-refractivity contribution in [1.82, 2.24) is 0 Å². The van der Waals surface area contributed by atoms with E-state index in [0.29, 0.717) is 0 Å². The summed E-state index contributed by atoms with van der Waals surface area (Å²) in [5.74, 6) is -1.92. The van der Waals surface area contributed by atoms with Crippen LogP contribution in [0.5, 0.6) is 0 Å². The zero-order valence-corrected chi connectivity index (χ0v) is 8.37. The number of aliphatic carboxylic acids is 1. The number of hydrogen-bond acceptors (Lipinski definition) is 3. The van der Waals surface area contributed by atoms with Crippen molar-refractivity contribution in [1.29, 1.82) is 0 Å². The van der Waals surface area contributed by atoms with Crippen LogP contribution in [0.1, 0.15) is 5.56 Å². The van der Waals surface area contributed by atoms with Crippen molar-refractivity contribution >= 4 is 69.4 Å². The van der Waals surface area contributed by atoms with Crippen LogP contribution >= 0.6 is 0 Å². The van der Waals surface area contributed by atoms with Crippen LogP contribution in [-0.4, -0.2) is 68.4 Å². The van der Waals surface area contributed by atoms with Gasteiger partial charge in [0, 0.05) is 12.2 Å². The van der Waals surface area contributed by atoms with Gasteiger partial charge in [0.15, 0.2) is 0 Å². The summed E-state index contributed by atoms with van der Waals surface area (Å²) in [7, 11) is 0. The molecule has 0 bridgehead atoms. The Bertz CT molecular complexity index is 423. The molecule has 0 saturated carbocycles. The van der Waals surface area contributed by atoms with Gasteiger partial charge in [-0.25, -0.2) is 9.59 Å². The normalized spacial score (nSPS) is 10.1. The molecule has 4 nitrogen and oxygen atoms in total. The summed E-state index contributed by atoms with van der Waals surface area (Å²) in [6.07, 6.45) is 4.38. The third kappa shape index (κ3) is 8.06. The van der Waals surface area contributed by atoms with E-state index >= 15 is 0 Å². The fraction of sp³-hybridized carbons (Fsp3) is 0. The molecule has 84 valence electrons. The number of esters is 1. The van der Waals surface area contributed by atoms with Gasteiger partial charge in [-0.15, -0.1) is 0 Å². The summed E-state index contributed by atoms with van der Waals surface area (Å²) in [5, 5.41) is 8.25. The first-order valence-corrected chi connectivity index (χ1v) is 4.52. The van der Waals surface area contributed by atoms with Gasteiger partial charge < -0.3 is 9.84 Å². The Hall–Kier alpha value is -0.724. The number of benzene rings is 1. The molecule has 0 aliphatic rings. The standard InChI is InChI=1S/C12H10O4.K.H/c13-11(14)6-7-12(15)16-9-8-10-4-2-1-3-5-10;;/h1-9H,(H,13,14);;/b7-6-,9-8?;;. The van der Waals surface area contributed by atoms with Crippen LogP contribution in [-0.2, 0) is 14.3 Å². The molecule has 1 aromatic carbocycles. The summed E-state index contributed by atoms with van der Waals surface area (Å²) in [4.78, 5) is 21.0. The monoisotopic (exact) mass is 258 g/mol. The number of rotatable bonds is 4. The van der Waals surface area contributed by atoms with Gasteiger partial charge in [0.1, 0.15) is 0 Å². The third-order valence-electron chi connectivity index (χ3n) is 1.61. The summed E-state index contributed by atoms with van der Waals surface area (Å²) in [5.41, 5.74) is 0.887. The van der Waals surface area contributed by atoms with Crippen molar-refractivity contribution in [3.63, 3.8) is 0 Å². The molecule has 0 atom stereocenters. The van der Waals surface area contributed by atoms with Crippen molar-refractivity contribution in [2.45, 2.75) is 0 Å². The van der Waals surface area contributed by atoms with Crippen LogP contribution in [0.15, 0.2) is 48.7 Å². The molecule has 1 rings (SSSR count). The zero-order valence-electron chi connectivity index (χ0n) is 8.37. The minimum absolute atomic E-state index is 0. The topological polar surface area (TPSA) is 63.6 Å². The Labute approximate surface area is 141 Å². The van der Waals surface area contributed by atoms with E-state index in [4.69, 9.17) is 5.11 Å². The van der Waals surface area contributed by atoms with E-state index in [1.807, 2.05) is 30.3 Å². The van der Waals surface area contributed by atoms with Crippen LogP contribution < -0.4 is 0 Å². The van der Waals surface area contributed by atoms with Gasteiger partial charge in [-0.2, -0.15) is 0 Å². The first-order valence-electron chi connectivity index (χ1n) is 4.52. The Morgan fingerprint density at radius 3 is 2.35 bits per heavy atom. The van der Waals surface area contributed by atoms with Crippen molar-refractivity contribution in [2.24, 2.45) is 0 Å². The van der Waals surface area contributed by atoms with Gasteiger partial charge in [0.2, 0.25) is 0 Å². The average molecular weight is 258 g/mol. The molecular formula is C12H11KO4. The second-order valence-electron chi connectivity index (χ2n) is 2.82. The van der Waals surface area contributed by atoms with E-state index in [-0.39, 0.29) is 51.4 Å². The van der Waals surface area contributed by atoms with E-state index in [9.17, 15) is 9.59 Å². The van der Waals surface area contributed by atoms with Gasteiger partial charge in [0.05, 0.1) is 6.26 Å². The number of carbonyl (C=O) groups is 2. The van der Waals surface area contributed by atoms with Crippen molar-refractivity contribution in [3.05, 3.63) is 54.3 Å². The molecule has 0 unspecified atom stereocenters. The molecule has 0 heterocycles. The molecular weight excluding hydrogens is 247 g/mol. The van der Waals surface area contributed by atoms with Crippen LogP contribution in [0, 0.1) is 0 Å². The SMILES string of the molecule is O=C(O)/C=C\C(=O)OC=Cc1ccccc1.[KH]. The number of carbonyl (C=O) groups excluding carboxylic acids is 1. The third-order valence-corrected chi connectivity index (χ3v) is 1.61. The van der Waals surface area contributed by atoms with Crippen molar-refractivity contribution < 1.29 is 19.4 Å². The number of carboxylic acid groups (broad SMARTS) is 1. The predicted molar refractivity (Wildman–Crippen MR) is 65.5 cm³/mol. The molecule has 0 aromatic heterocycles. The van der Waals surface area contributed by atoms with Crippen LogP contribution in [0.2, 0.25) is 0 Å². The molecule has 0 spiro atoms. The maximum absolute atomic E-state index is 10.9. The predicted octanol–water partition coefficient (Wildman–Crippen LogP) is 1.19. The molecule has 0 fully saturated rings. The summed E-state index contributed by atoms with van der Waals surface area (Å²) in [6, 6.07) is 9.27. The number of carboxylic acids is 1. The Morgan fingerprint density at radius 1 is 1.12 bits per heavy atom. The van der Waals surface area contributed by atoms with E-state index in [0.717, 1.165) is 17.7 Å². The maximum atomic E-state index is 10.9. The van der Waals surface area contributed by atoms with Gasteiger partial charge in [0.25, 0.3) is 0 Å². The van der Waals surface area contributed by atoms with E-state index in [1.54, 1.807) is 6.08 Å². The molecule has 5 heteroatoms. The van der Waals surface area contributed by atoms with Gasteiger partial charge in [-0.05, 0) is 11.6 Å². The molecule has 0 aliphatic heterocycles. The molecule has 0 radical (unpaired) electrons. The van der Waals surface area contributed by atoms with Crippen LogP contribution in [0.25, 0.3) is 6.08 Å². The van der Waals surface area contributed by atoms with Gasteiger partial charge in [-0.1, -0.05) is 30.3 Å². The zero-order chi connectivity index (χ0) is 11.8. The minimum atomic E-state index is -1.19. The summed E-state index contributed by atoms with van der Waals surface area (Å²) >= 11 is 0. The van der Waals surface area contributed by atoms with Gasteiger partial charge in [-0.3, -0.25) is 0 Å². The van der Waals surface area contributed by atoms with Gasteiger partial charge >= 0.3 is 63.3 Å². The van der Waals surface area contributed by atoms with Crippen LogP contribution in [0.3, 0.4) is 0 Å². The fourth-order valence-electron chi connectivity index (χ4n) is 0.922. The number of ether oxygens (including phenoxy) is 1. The molecule has 1 N–H and O–H groups in total. The Morgan fingerprint density at radius 2 is 1.76 bits per heavy atom. The average Bonchev–Trinajstić information content (AvgIpc) is 2.28. The molecule has 0 aliphatic carbocycles. The first kappa shape index (κ1) is 16.3. The second-order valence-corrected chi connectivity index (χ2v) is 2.82.